The SMILES string of the molecule is CCN(C(=O)CC(C)C)c1cccc(N)c1. The molecule has 1 rings (SSSR count). The van der Waals surface area contributed by atoms with Crippen LogP contribution in [0.15, 0.2) is 24.3 Å². The standard InChI is InChI=1S/C13H20N2O/c1-4-15(13(16)8-10(2)3)12-7-5-6-11(14)9-12/h5-7,9-10H,4,8,14H2,1-3H3. The van der Waals surface area contributed by atoms with Gasteiger partial charge in [0.25, 0.3) is 0 Å². The van der Waals surface area contributed by atoms with E-state index in [1.807, 2.05) is 45.0 Å². The zero-order chi connectivity index (χ0) is 12.1. The number of benzene rings is 1. The van der Waals surface area contributed by atoms with Gasteiger partial charge in [0.05, 0.1) is 0 Å². The molecule has 16 heavy (non-hydrogen) atoms. The first kappa shape index (κ1) is 12.6. The first-order chi connectivity index (χ1) is 7.54. The van der Waals surface area contributed by atoms with Gasteiger partial charge in [-0.05, 0) is 31.0 Å². The lowest BCUT2D eigenvalue weighted by molar-refractivity contribution is -0.119. The Bertz CT molecular complexity index is 361. The van der Waals surface area contributed by atoms with Crippen molar-refractivity contribution in [2.75, 3.05) is 17.2 Å². The maximum Gasteiger partial charge on any atom is 0.227 e. The maximum absolute atomic E-state index is 12.0. The van der Waals surface area contributed by atoms with Gasteiger partial charge in [-0.3, -0.25) is 4.79 Å². The molecule has 0 atom stereocenters. The van der Waals surface area contributed by atoms with Crippen LogP contribution in [0, 0.1) is 5.92 Å². The van der Waals surface area contributed by atoms with E-state index in [1.165, 1.54) is 0 Å². The summed E-state index contributed by atoms with van der Waals surface area (Å²) >= 11 is 0. The zero-order valence-corrected chi connectivity index (χ0v) is 10.2. The van der Waals surface area contributed by atoms with Gasteiger partial charge in [-0.15, -0.1) is 0 Å². The molecule has 2 N–H and O–H groups in total. The maximum atomic E-state index is 12.0. The van der Waals surface area contributed by atoms with E-state index < -0.39 is 0 Å². The minimum Gasteiger partial charge on any atom is -0.399 e. The highest BCUT2D eigenvalue weighted by Gasteiger charge is 2.14. The third-order valence-corrected chi connectivity index (χ3v) is 2.38. The Morgan fingerprint density at radius 1 is 1.44 bits per heavy atom. The molecule has 3 heteroatoms. The van der Waals surface area contributed by atoms with Gasteiger partial charge in [0.15, 0.2) is 0 Å². The van der Waals surface area contributed by atoms with Crippen LogP contribution in [0.3, 0.4) is 0 Å². The van der Waals surface area contributed by atoms with Crippen molar-refractivity contribution in [1.29, 1.82) is 0 Å². The average molecular weight is 220 g/mol. The summed E-state index contributed by atoms with van der Waals surface area (Å²) in [5.41, 5.74) is 7.29. The molecular formula is C13H20N2O. The summed E-state index contributed by atoms with van der Waals surface area (Å²) in [6, 6.07) is 7.44. The van der Waals surface area contributed by atoms with Crippen LogP contribution in [0.4, 0.5) is 11.4 Å². The Morgan fingerprint density at radius 2 is 2.12 bits per heavy atom. The van der Waals surface area contributed by atoms with E-state index in [-0.39, 0.29) is 5.91 Å². The minimum atomic E-state index is 0.156. The van der Waals surface area contributed by atoms with Crippen molar-refractivity contribution in [3.05, 3.63) is 24.3 Å². The molecule has 0 heterocycles. The fourth-order valence-electron chi connectivity index (χ4n) is 1.66. The van der Waals surface area contributed by atoms with Crippen molar-refractivity contribution >= 4 is 17.3 Å². The summed E-state index contributed by atoms with van der Waals surface area (Å²) in [5.74, 6) is 0.533. The number of hydrogen-bond donors (Lipinski definition) is 1. The van der Waals surface area contributed by atoms with Crippen molar-refractivity contribution in [3.8, 4) is 0 Å². The van der Waals surface area contributed by atoms with Gasteiger partial charge in [0, 0.05) is 24.3 Å². The van der Waals surface area contributed by atoms with Crippen molar-refractivity contribution < 1.29 is 4.79 Å². The van der Waals surface area contributed by atoms with Crippen LogP contribution in [0.1, 0.15) is 27.2 Å². The predicted octanol–water partition coefficient (Wildman–Crippen LogP) is 2.67. The van der Waals surface area contributed by atoms with E-state index >= 15 is 0 Å². The van der Waals surface area contributed by atoms with E-state index in [2.05, 4.69) is 0 Å². The highest BCUT2D eigenvalue weighted by molar-refractivity contribution is 5.93. The molecule has 3 nitrogen and oxygen atoms in total. The molecule has 0 saturated heterocycles. The summed E-state index contributed by atoms with van der Waals surface area (Å²) < 4.78 is 0. The average Bonchev–Trinajstić information content (AvgIpc) is 2.17. The fraction of sp³-hybridized carbons (Fsp3) is 0.462. The highest BCUT2D eigenvalue weighted by Crippen LogP contribution is 2.19. The van der Waals surface area contributed by atoms with Crippen molar-refractivity contribution in [3.63, 3.8) is 0 Å². The molecular weight excluding hydrogens is 200 g/mol. The van der Waals surface area contributed by atoms with Gasteiger partial charge < -0.3 is 10.6 Å². The summed E-state index contributed by atoms with van der Waals surface area (Å²) in [7, 11) is 0. The van der Waals surface area contributed by atoms with Crippen LogP contribution in [-0.4, -0.2) is 12.5 Å². The molecule has 0 aliphatic carbocycles. The Kier molecular flexibility index (Phi) is 4.35. The molecule has 0 spiro atoms. The van der Waals surface area contributed by atoms with E-state index in [0.29, 0.717) is 24.6 Å². The number of rotatable bonds is 4. The first-order valence-electron chi connectivity index (χ1n) is 5.70. The van der Waals surface area contributed by atoms with Crippen LogP contribution in [0.2, 0.25) is 0 Å². The molecule has 0 radical (unpaired) electrons. The topological polar surface area (TPSA) is 46.3 Å². The lowest BCUT2D eigenvalue weighted by Crippen LogP contribution is -2.31. The lowest BCUT2D eigenvalue weighted by Gasteiger charge is -2.22. The summed E-state index contributed by atoms with van der Waals surface area (Å²) in [5, 5.41) is 0. The molecule has 0 saturated carbocycles. The van der Waals surface area contributed by atoms with Crippen LogP contribution in [-0.2, 0) is 4.79 Å². The number of nitrogens with zero attached hydrogens (tertiary/aromatic N) is 1. The van der Waals surface area contributed by atoms with E-state index in [9.17, 15) is 4.79 Å². The van der Waals surface area contributed by atoms with Crippen LogP contribution in [0.25, 0.3) is 0 Å². The number of nitrogens with two attached hydrogens (primary N) is 1. The molecule has 0 fully saturated rings. The van der Waals surface area contributed by atoms with Gasteiger partial charge in [0.2, 0.25) is 5.91 Å². The summed E-state index contributed by atoms with van der Waals surface area (Å²) in [6.45, 7) is 6.74. The molecule has 1 aromatic rings. The Labute approximate surface area is 97.2 Å². The van der Waals surface area contributed by atoms with Crippen LogP contribution in [0.5, 0.6) is 0 Å². The zero-order valence-electron chi connectivity index (χ0n) is 10.2. The van der Waals surface area contributed by atoms with Gasteiger partial charge in [-0.2, -0.15) is 0 Å². The quantitative estimate of drug-likeness (QED) is 0.793. The Morgan fingerprint density at radius 3 is 2.62 bits per heavy atom. The normalized spacial score (nSPS) is 10.5. The molecule has 0 aromatic heterocycles. The molecule has 0 aliphatic heterocycles. The molecule has 0 bridgehead atoms. The third-order valence-electron chi connectivity index (χ3n) is 2.38. The number of carbonyl (C=O) groups is 1. The predicted molar refractivity (Wildman–Crippen MR) is 68.3 cm³/mol. The van der Waals surface area contributed by atoms with E-state index in [1.54, 1.807) is 4.90 Å². The Hall–Kier alpha value is -1.51. The van der Waals surface area contributed by atoms with Crippen molar-refractivity contribution in [2.45, 2.75) is 27.2 Å². The van der Waals surface area contributed by atoms with E-state index in [4.69, 9.17) is 5.73 Å². The Balaban J connectivity index is 2.85. The third kappa shape index (κ3) is 3.26. The number of hydrogen-bond acceptors (Lipinski definition) is 2. The monoisotopic (exact) mass is 220 g/mol. The van der Waals surface area contributed by atoms with Gasteiger partial charge in [-0.1, -0.05) is 19.9 Å². The molecule has 88 valence electrons. The molecule has 0 aliphatic rings. The molecule has 1 aromatic carbocycles. The number of amides is 1. The molecule has 1 amide bonds. The van der Waals surface area contributed by atoms with E-state index in [0.717, 1.165) is 5.69 Å². The minimum absolute atomic E-state index is 0.156. The smallest absolute Gasteiger partial charge is 0.227 e. The van der Waals surface area contributed by atoms with Crippen molar-refractivity contribution in [2.24, 2.45) is 5.92 Å². The lowest BCUT2D eigenvalue weighted by atomic mass is 10.1. The summed E-state index contributed by atoms with van der Waals surface area (Å²) in [6.07, 6.45) is 0.572. The number of nitrogen functional groups attached to an aromatic ring is 1. The second-order valence-corrected chi connectivity index (χ2v) is 4.33. The fourth-order valence-corrected chi connectivity index (χ4v) is 1.66. The van der Waals surface area contributed by atoms with Crippen LogP contribution < -0.4 is 10.6 Å². The largest absolute Gasteiger partial charge is 0.399 e. The molecule has 0 unspecified atom stereocenters. The number of carbonyl (C=O) groups excluding carboxylic acids is 1. The van der Waals surface area contributed by atoms with Gasteiger partial charge in [-0.25, -0.2) is 0 Å². The second-order valence-electron chi connectivity index (χ2n) is 4.33. The van der Waals surface area contributed by atoms with Gasteiger partial charge >= 0.3 is 0 Å². The van der Waals surface area contributed by atoms with Crippen molar-refractivity contribution in [1.82, 2.24) is 0 Å². The first-order valence-corrected chi connectivity index (χ1v) is 5.70. The second kappa shape index (κ2) is 5.54. The van der Waals surface area contributed by atoms with Crippen LogP contribution >= 0.6 is 0 Å². The highest BCUT2D eigenvalue weighted by atomic mass is 16.2. The summed E-state index contributed by atoms with van der Waals surface area (Å²) in [4.78, 5) is 13.8. The van der Waals surface area contributed by atoms with Gasteiger partial charge in [0.1, 0.15) is 0 Å². The number of anilines is 2.